The highest BCUT2D eigenvalue weighted by molar-refractivity contribution is 8.00. The Bertz CT molecular complexity index is 341. The molecular weight excluding hydrogens is 238 g/mol. The Balaban J connectivity index is 1.67. The van der Waals surface area contributed by atoms with Gasteiger partial charge >= 0.3 is 0 Å². The van der Waals surface area contributed by atoms with Crippen LogP contribution in [0.25, 0.3) is 0 Å². The topological polar surface area (TPSA) is 12.0 Å². The van der Waals surface area contributed by atoms with Crippen molar-refractivity contribution in [2.75, 3.05) is 5.32 Å². The molecule has 0 bridgehead atoms. The fraction of sp³-hybridized carbons (Fsp3) is 0.625. The predicted octanol–water partition coefficient (Wildman–Crippen LogP) is 5.08. The fourth-order valence-electron chi connectivity index (χ4n) is 3.16. The molecule has 2 saturated carbocycles. The first-order valence-corrected chi connectivity index (χ1v) is 8.32. The molecule has 0 aliphatic heterocycles. The third-order valence-corrected chi connectivity index (χ3v) is 5.61. The van der Waals surface area contributed by atoms with Gasteiger partial charge in [0.1, 0.15) is 0 Å². The molecule has 0 unspecified atom stereocenters. The van der Waals surface area contributed by atoms with E-state index >= 15 is 0 Å². The van der Waals surface area contributed by atoms with Crippen LogP contribution in [0.5, 0.6) is 0 Å². The van der Waals surface area contributed by atoms with Gasteiger partial charge in [0, 0.05) is 21.9 Å². The Hall–Kier alpha value is -0.630. The summed E-state index contributed by atoms with van der Waals surface area (Å²) in [6, 6.07) is 9.61. The molecule has 0 spiro atoms. The first-order chi connectivity index (χ1) is 8.92. The number of rotatable bonds is 4. The summed E-state index contributed by atoms with van der Waals surface area (Å²) in [6.07, 6.45) is 11.2. The lowest BCUT2D eigenvalue weighted by atomic mass is 10.2. The Labute approximate surface area is 115 Å². The lowest BCUT2D eigenvalue weighted by Crippen LogP contribution is -2.15. The molecule has 0 saturated heterocycles. The lowest BCUT2D eigenvalue weighted by Gasteiger charge is -2.18. The van der Waals surface area contributed by atoms with Crippen LogP contribution in [-0.4, -0.2) is 11.3 Å². The van der Waals surface area contributed by atoms with Gasteiger partial charge in [-0.3, -0.25) is 0 Å². The molecule has 1 aromatic rings. The van der Waals surface area contributed by atoms with Crippen LogP contribution in [0.15, 0.2) is 29.2 Å². The Morgan fingerprint density at radius 2 is 1.56 bits per heavy atom. The smallest absolute Gasteiger partial charge is 0.0480 e. The summed E-state index contributed by atoms with van der Waals surface area (Å²) in [5.74, 6) is 0. The zero-order valence-corrected chi connectivity index (χ0v) is 11.8. The molecule has 0 radical (unpaired) electrons. The summed E-state index contributed by atoms with van der Waals surface area (Å²) < 4.78 is 0. The van der Waals surface area contributed by atoms with E-state index in [-0.39, 0.29) is 0 Å². The molecule has 1 aromatic carbocycles. The normalized spacial score (nSPS) is 21.6. The first kappa shape index (κ1) is 12.4. The third-order valence-electron chi connectivity index (χ3n) is 4.20. The number of nitrogens with one attached hydrogen (secondary N) is 1. The van der Waals surface area contributed by atoms with E-state index in [0.29, 0.717) is 0 Å². The van der Waals surface area contributed by atoms with Crippen molar-refractivity contribution in [2.45, 2.75) is 67.6 Å². The van der Waals surface area contributed by atoms with Gasteiger partial charge in [0.25, 0.3) is 0 Å². The van der Waals surface area contributed by atoms with Crippen LogP contribution < -0.4 is 5.32 Å². The summed E-state index contributed by atoms with van der Waals surface area (Å²) >= 11 is 2.10. The van der Waals surface area contributed by atoms with Crippen LogP contribution in [-0.2, 0) is 0 Å². The number of para-hydroxylation sites is 1. The monoisotopic (exact) mass is 261 g/mol. The summed E-state index contributed by atoms with van der Waals surface area (Å²) in [7, 11) is 0. The number of hydrogen-bond acceptors (Lipinski definition) is 2. The molecule has 18 heavy (non-hydrogen) atoms. The fourth-order valence-corrected chi connectivity index (χ4v) is 4.50. The van der Waals surface area contributed by atoms with E-state index < -0.39 is 0 Å². The van der Waals surface area contributed by atoms with Gasteiger partial charge in [-0.2, -0.15) is 0 Å². The van der Waals surface area contributed by atoms with Gasteiger partial charge in [-0.05, 0) is 37.8 Å². The van der Waals surface area contributed by atoms with Crippen molar-refractivity contribution >= 4 is 17.4 Å². The quantitative estimate of drug-likeness (QED) is 0.811. The minimum atomic E-state index is 0.718. The second kappa shape index (κ2) is 6.01. The maximum atomic E-state index is 3.76. The molecular formula is C16H23NS. The number of benzene rings is 1. The average molecular weight is 261 g/mol. The SMILES string of the molecule is c1ccc(SC2CCCC2)c(NC2CCCC2)c1. The molecule has 0 heterocycles. The zero-order chi connectivity index (χ0) is 12.2. The van der Waals surface area contributed by atoms with E-state index in [1.807, 2.05) is 0 Å². The number of thioether (sulfide) groups is 1. The highest BCUT2D eigenvalue weighted by atomic mass is 32.2. The van der Waals surface area contributed by atoms with Crippen molar-refractivity contribution in [1.29, 1.82) is 0 Å². The third kappa shape index (κ3) is 3.03. The van der Waals surface area contributed by atoms with Crippen molar-refractivity contribution in [3.63, 3.8) is 0 Å². The summed E-state index contributed by atoms with van der Waals surface area (Å²) in [4.78, 5) is 1.47. The van der Waals surface area contributed by atoms with Gasteiger partial charge in [-0.15, -0.1) is 11.8 Å². The van der Waals surface area contributed by atoms with Gasteiger partial charge in [0.2, 0.25) is 0 Å². The predicted molar refractivity (Wildman–Crippen MR) is 80.4 cm³/mol. The standard InChI is InChI=1S/C16H23NS/c1-2-8-13(7-1)17-15-11-5-6-12-16(15)18-14-9-3-4-10-14/h5-6,11-14,17H,1-4,7-10H2. The van der Waals surface area contributed by atoms with E-state index in [1.165, 1.54) is 61.9 Å². The number of hydrogen-bond donors (Lipinski definition) is 1. The van der Waals surface area contributed by atoms with Crippen molar-refractivity contribution in [2.24, 2.45) is 0 Å². The van der Waals surface area contributed by atoms with Crippen LogP contribution in [0.1, 0.15) is 51.4 Å². The van der Waals surface area contributed by atoms with Crippen molar-refractivity contribution in [1.82, 2.24) is 0 Å². The van der Waals surface area contributed by atoms with Crippen LogP contribution in [0, 0.1) is 0 Å². The average Bonchev–Trinajstić information content (AvgIpc) is 3.05. The van der Waals surface area contributed by atoms with Gasteiger partial charge in [-0.1, -0.05) is 37.8 Å². The summed E-state index contributed by atoms with van der Waals surface area (Å²) in [5.41, 5.74) is 1.38. The Kier molecular flexibility index (Phi) is 4.14. The molecule has 0 amide bonds. The van der Waals surface area contributed by atoms with E-state index in [4.69, 9.17) is 0 Å². The molecule has 1 nitrogen and oxygen atoms in total. The molecule has 1 N–H and O–H groups in total. The van der Waals surface area contributed by atoms with Crippen LogP contribution in [0.2, 0.25) is 0 Å². The zero-order valence-electron chi connectivity index (χ0n) is 11.0. The van der Waals surface area contributed by atoms with Gasteiger partial charge in [0.05, 0.1) is 0 Å². The highest BCUT2D eigenvalue weighted by Crippen LogP contribution is 2.38. The Morgan fingerprint density at radius 3 is 2.33 bits per heavy atom. The molecule has 2 heteroatoms. The largest absolute Gasteiger partial charge is 0.381 e. The van der Waals surface area contributed by atoms with Crippen LogP contribution >= 0.6 is 11.8 Å². The molecule has 2 aliphatic rings. The summed E-state index contributed by atoms with van der Waals surface area (Å²) in [6.45, 7) is 0. The van der Waals surface area contributed by atoms with Crippen LogP contribution in [0.3, 0.4) is 0 Å². The first-order valence-electron chi connectivity index (χ1n) is 7.44. The highest BCUT2D eigenvalue weighted by Gasteiger charge is 2.19. The number of anilines is 1. The molecule has 98 valence electrons. The maximum absolute atomic E-state index is 3.76. The Morgan fingerprint density at radius 1 is 0.889 bits per heavy atom. The molecule has 0 atom stereocenters. The van der Waals surface area contributed by atoms with E-state index in [0.717, 1.165) is 11.3 Å². The van der Waals surface area contributed by atoms with Gasteiger partial charge in [0.15, 0.2) is 0 Å². The summed E-state index contributed by atoms with van der Waals surface area (Å²) in [5, 5.41) is 4.62. The minimum absolute atomic E-state index is 0.718. The van der Waals surface area contributed by atoms with Crippen molar-refractivity contribution in [3.8, 4) is 0 Å². The van der Waals surface area contributed by atoms with E-state index in [9.17, 15) is 0 Å². The van der Waals surface area contributed by atoms with Crippen molar-refractivity contribution in [3.05, 3.63) is 24.3 Å². The van der Waals surface area contributed by atoms with E-state index in [2.05, 4.69) is 41.3 Å². The molecule has 2 aliphatic carbocycles. The van der Waals surface area contributed by atoms with E-state index in [1.54, 1.807) is 0 Å². The minimum Gasteiger partial charge on any atom is -0.381 e. The molecule has 0 aromatic heterocycles. The second-order valence-corrected chi connectivity index (χ2v) is 6.99. The van der Waals surface area contributed by atoms with Crippen LogP contribution in [0.4, 0.5) is 5.69 Å². The van der Waals surface area contributed by atoms with Gasteiger partial charge < -0.3 is 5.32 Å². The lowest BCUT2D eigenvalue weighted by molar-refractivity contribution is 0.752. The maximum Gasteiger partial charge on any atom is 0.0480 e. The molecule has 3 rings (SSSR count). The molecule has 2 fully saturated rings. The van der Waals surface area contributed by atoms with Gasteiger partial charge in [-0.25, -0.2) is 0 Å². The van der Waals surface area contributed by atoms with Crippen molar-refractivity contribution < 1.29 is 0 Å². The second-order valence-electron chi connectivity index (χ2n) is 5.65.